The maximum absolute atomic E-state index is 15.3. The lowest BCUT2D eigenvalue weighted by Crippen LogP contribution is -2.64. The first-order valence-corrected chi connectivity index (χ1v) is 22.7. The summed E-state index contributed by atoms with van der Waals surface area (Å²) < 4.78 is 0. The third-order valence-electron chi connectivity index (χ3n) is 13.8. The molecule has 1 spiro atoms. The number of benzene rings is 4. The number of aromatic nitrogens is 1. The minimum absolute atomic E-state index is 0.0268. The molecule has 0 unspecified atom stereocenters. The zero-order valence-corrected chi connectivity index (χ0v) is 36.2. The van der Waals surface area contributed by atoms with Gasteiger partial charge >= 0.3 is 0 Å². The van der Waals surface area contributed by atoms with Gasteiger partial charge in [-0.1, -0.05) is 91.7 Å². The van der Waals surface area contributed by atoms with E-state index in [0.29, 0.717) is 38.5 Å². The van der Waals surface area contributed by atoms with Crippen molar-refractivity contribution in [2.75, 3.05) is 13.1 Å². The normalized spacial score (nSPS) is 23.1. The van der Waals surface area contributed by atoms with E-state index < -0.39 is 77.6 Å². The number of nitrogens with one attached hydrogen (secondary N) is 4. The summed E-state index contributed by atoms with van der Waals surface area (Å²) >= 11 is 0. The Morgan fingerprint density at radius 3 is 2.26 bits per heavy atom. The van der Waals surface area contributed by atoms with Crippen molar-refractivity contribution >= 4 is 63.0 Å². The lowest BCUT2D eigenvalue weighted by Gasteiger charge is -2.41. The number of H-pyrrole nitrogens is 1. The summed E-state index contributed by atoms with van der Waals surface area (Å²) in [5.41, 5.74) is 8.28. The van der Waals surface area contributed by atoms with E-state index in [2.05, 4.69) is 20.9 Å². The molecule has 6 N–H and O–H groups in total. The van der Waals surface area contributed by atoms with Gasteiger partial charge in [0.05, 0.1) is 6.54 Å². The van der Waals surface area contributed by atoms with Gasteiger partial charge in [-0.05, 0) is 77.3 Å². The summed E-state index contributed by atoms with van der Waals surface area (Å²) in [6, 6.07) is 24.4. The van der Waals surface area contributed by atoms with E-state index in [4.69, 9.17) is 5.73 Å². The highest BCUT2D eigenvalue weighted by molar-refractivity contribution is 6.00. The second kappa shape index (κ2) is 18.2. The van der Waals surface area contributed by atoms with Crippen LogP contribution in [0, 0.1) is 0 Å². The monoisotopic (exact) mass is 878 g/mol. The zero-order chi connectivity index (χ0) is 45.2. The van der Waals surface area contributed by atoms with Crippen molar-refractivity contribution in [3.8, 4) is 0 Å². The molecule has 3 aliphatic heterocycles. The average molecular weight is 879 g/mol. The Morgan fingerprint density at radius 2 is 1.46 bits per heavy atom. The Kier molecular flexibility index (Phi) is 12.1. The summed E-state index contributed by atoms with van der Waals surface area (Å²) in [6.07, 6.45) is 4.24. The SMILES string of the molecule is NC(=O)CC[C@@H]1NC(=O)[C@H](Cc2c[nH]c3ccccc23)NC(=O)C2(CCCC2)NC(=O)CN(Cc2ccc3ccccc3c2)C(=O)[C@@H]2Cc3ccccc3CN2C(=O)[C@H]2CCCN2C1=O. The van der Waals surface area contributed by atoms with Crippen LogP contribution in [0.5, 0.6) is 0 Å². The summed E-state index contributed by atoms with van der Waals surface area (Å²) in [7, 11) is 0. The van der Waals surface area contributed by atoms with Gasteiger partial charge in [-0.15, -0.1) is 0 Å². The molecule has 4 atom stereocenters. The summed E-state index contributed by atoms with van der Waals surface area (Å²) in [6.45, 7) is -0.0668. The van der Waals surface area contributed by atoms with Crippen molar-refractivity contribution in [1.82, 2.24) is 35.6 Å². The number of primary amides is 1. The number of aromatic amines is 1. The van der Waals surface area contributed by atoms with Crippen molar-refractivity contribution in [1.29, 1.82) is 0 Å². The van der Waals surface area contributed by atoms with E-state index in [1.54, 1.807) is 6.20 Å². The molecule has 9 rings (SSSR count). The Morgan fingerprint density at radius 1 is 0.723 bits per heavy atom. The molecule has 4 aromatic carbocycles. The van der Waals surface area contributed by atoms with Crippen molar-refractivity contribution in [3.05, 3.63) is 119 Å². The third kappa shape index (κ3) is 8.91. The van der Waals surface area contributed by atoms with Crippen LogP contribution in [0.25, 0.3) is 21.7 Å². The highest BCUT2D eigenvalue weighted by atomic mass is 16.2. The molecule has 1 saturated carbocycles. The molecule has 0 radical (unpaired) electrons. The molecule has 4 heterocycles. The highest BCUT2D eigenvalue weighted by Gasteiger charge is 2.47. The van der Waals surface area contributed by atoms with Gasteiger partial charge < -0.3 is 41.4 Å². The number of carbonyl (C=O) groups excluding carboxylic acids is 7. The van der Waals surface area contributed by atoms with Crippen LogP contribution in [0.2, 0.25) is 0 Å². The fourth-order valence-corrected chi connectivity index (χ4v) is 10.3. The lowest BCUT2D eigenvalue weighted by molar-refractivity contribution is -0.154. The summed E-state index contributed by atoms with van der Waals surface area (Å²) in [5.74, 6) is -3.89. The van der Waals surface area contributed by atoms with Gasteiger partial charge in [0.15, 0.2) is 0 Å². The number of amides is 7. The van der Waals surface area contributed by atoms with E-state index in [1.807, 2.05) is 91.0 Å². The maximum Gasteiger partial charge on any atom is 0.246 e. The molecular formula is C50H54N8O7. The molecular weight excluding hydrogens is 825 g/mol. The van der Waals surface area contributed by atoms with Crippen LogP contribution in [-0.4, -0.2) is 104 Å². The molecule has 4 aliphatic rings. The van der Waals surface area contributed by atoms with Gasteiger partial charge in [-0.25, -0.2) is 0 Å². The number of hydrogen-bond acceptors (Lipinski definition) is 7. The second-order valence-corrected chi connectivity index (χ2v) is 18.0. The quantitative estimate of drug-likeness (QED) is 0.164. The fraction of sp³-hybridized carbons (Fsp3) is 0.380. The van der Waals surface area contributed by atoms with E-state index in [0.717, 1.165) is 43.9 Å². The second-order valence-electron chi connectivity index (χ2n) is 18.0. The lowest BCUT2D eigenvalue weighted by atomic mass is 9.92. The smallest absolute Gasteiger partial charge is 0.246 e. The first-order chi connectivity index (χ1) is 31.5. The summed E-state index contributed by atoms with van der Waals surface area (Å²) in [5, 5.41) is 11.7. The molecule has 3 fully saturated rings. The Bertz CT molecular complexity index is 2690. The third-order valence-corrected chi connectivity index (χ3v) is 13.8. The van der Waals surface area contributed by atoms with E-state index in [1.165, 1.54) is 14.7 Å². The van der Waals surface area contributed by atoms with Crippen LogP contribution in [0.15, 0.2) is 97.2 Å². The molecule has 2 saturated heterocycles. The Balaban J connectivity index is 1.13. The van der Waals surface area contributed by atoms with Crippen LogP contribution in [0.1, 0.15) is 73.6 Å². The van der Waals surface area contributed by atoms with Gasteiger partial charge in [0, 0.05) is 56.0 Å². The molecule has 65 heavy (non-hydrogen) atoms. The van der Waals surface area contributed by atoms with Gasteiger partial charge in [0.2, 0.25) is 41.4 Å². The van der Waals surface area contributed by atoms with Crippen LogP contribution in [0.3, 0.4) is 0 Å². The highest BCUT2D eigenvalue weighted by Crippen LogP contribution is 2.33. The topological polar surface area (TPSA) is 207 Å². The van der Waals surface area contributed by atoms with Gasteiger partial charge in [-0.3, -0.25) is 33.6 Å². The Hall–Kier alpha value is -7.03. The minimum atomic E-state index is -1.41. The fourth-order valence-electron chi connectivity index (χ4n) is 10.3. The molecule has 7 amide bonds. The largest absolute Gasteiger partial charge is 0.370 e. The number of fused-ring (bicyclic) bond motifs is 5. The van der Waals surface area contributed by atoms with Crippen LogP contribution < -0.4 is 21.7 Å². The number of nitrogens with two attached hydrogens (primary N) is 1. The molecule has 1 aliphatic carbocycles. The maximum atomic E-state index is 15.3. The van der Waals surface area contributed by atoms with Gasteiger partial charge in [0.25, 0.3) is 0 Å². The molecule has 15 heteroatoms. The van der Waals surface area contributed by atoms with E-state index in [9.17, 15) is 24.0 Å². The number of para-hydroxylation sites is 1. The predicted molar refractivity (Wildman–Crippen MR) is 242 cm³/mol. The van der Waals surface area contributed by atoms with E-state index >= 15 is 9.59 Å². The van der Waals surface area contributed by atoms with Crippen LogP contribution >= 0.6 is 0 Å². The van der Waals surface area contributed by atoms with Gasteiger partial charge in [-0.2, -0.15) is 0 Å². The molecule has 1 aromatic heterocycles. The van der Waals surface area contributed by atoms with Crippen molar-refractivity contribution in [3.63, 3.8) is 0 Å². The first kappa shape index (κ1) is 43.2. The molecule has 15 nitrogen and oxygen atoms in total. The molecule has 336 valence electrons. The Labute approximate surface area is 376 Å². The van der Waals surface area contributed by atoms with Crippen molar-refractivity contribution in [2.24, 2.45) is 5.73 Å². The predicted octanol–water partition coefficient (Wildman–Crippen LogP) is 3.51. The average Bonchev–Trinajstić information content (AvgIpc) is 4.10. The number of carbonyl (C=O) groups is 7. The van der Waals surface area contributed by atoms with Crippen LogP contribution in [0.4, 0.5) is 0 Å². The zero-order valence-electron chi connectivity index (χ0n) is 36.2. The summed E-state index contributed by atoms with van der Waals surface area (Å²) in [4.78, 5) is 109. The van der Waals surface area contributed by atoms with Gasteiger partial charge in [0.1, 0.15) is 29.7 Å². The van der Waals surface area contributed by atoms with E-state index in [-0.39, 0.29) is 45.3 Å². The standard InChI is InChI=1S/C50H54N8O7/c51-43(59)20-19-39-46(62)57-23-9-16-41(57)48(64)58-29-35-13-4-3-12-34(35)26-42(58)47(63)56(28-31-17-18-32-10-1-2-11-33(32)24-31)30-44(60)55-50(21-7-8-22-50)49(65)54-40(45(61)53-39)25-36-27-52-38-15-6-5-14-37(36)38/h1-6,10-15,17-18,24,27,39-42,52H,7-9,16,19-23,25-26,28-30H2,(H2,51,59)(H,53,61)(H,54,65)(H,55,60)/t39-,40-,41+,42-/m0/s1. The first-order valence-electron chi connectivity index (χ1n) is 22.7. The number of hydrogen-bond donors (Lipinski definition) is 5. The van der Waals surface area contributed by atoms with Crippen molar-refractivity contribution in [2.45, 2.75) is 107 Å². The number of nitrogens with zero attached hydrogens (tertiary/aromatic N) is 3. The number of rotatable bonds is 7. The minimum Gasteiger partial charge on any atom is -0.370 e. The van der Waals surface area contributed by atoms with Crippen molar-refractivity contribution < 1.29 is 33.6 Å². The van der Waals surface area contributed by atoms with Crippen LogP contribution in [-0.2, 0) is 59.5 Å². The molecule has 5 aromatic rings. The molecule has 0 bridgehead atoms.